The number of anilines is 1. The molecule has 3 rings (SSSR count). The van der Waals surface area contributed by atoms with Gasteiger partial charge in [0.25, 0.3) is 0 Å². The summed E-state index contributed by atoms with van der Waals surface area (Å²) in [6.07, 6.45) is 3.24. The van der Waals surface area contributed by atoms with Gasteiger partial charge in [-0.1, -0.05) is 19.9 Å². The van der Waals surface area contributed by atoms with E-state index in [-0.39, 0.29) is 11.3 Å². The smallest absolute Gasteiger partial charge is 0.156 e. The number of nitrogens with zero attached hydrogens (tertiary/aromatic N) is 2. The molecule has 21 heavy (non-hydrogen) atoms. The first kappa shape index (κ1) is 15.0. The van der Waals surface area contributed by atoms with Crippen LogP contribution >= 0.6 is 0 Å². The van der Waals surface area contributed by atoms with Gasteiger partial charge in [0.2, 0.25) is 0 Å². The highest BCUT2D eigenvalue weighted by atomic mass is 19.1. The molecule has 0 aliphatic heterocycles. The zero-order chi connectivity index (χ0) is 15.6. The first-order valence-electron chi connectivity index (χ1n) is 6.75. The highest BCUT2D eigenvalue weighted by Gasteiger charge is 2.14. The maximum Gasteiger partial charge on any atom is 0.156 e. The molecular formula is C16H17F2N3. The van der Waals surface area contributed by atoms with Gasteiger partial charge in [0.15, 0.2) is 5.82 Å². The van der Waals surface area contributed by atoms with Crippen LogP contribution in [0.1, 0.15) is 19.5 Å². The summed E-state index contributed by atoms with van der Waals surface area (Å²) in [5, 5.41) is 0. The van der Waals surface area contributed by atoms with Gasteiger partial charge in [-0.15, -0.1) is 0 Å². The van der Waals surface area contributed by atoms with Gasteiger partial charge >= 0.3 is 0 Å². The second-order valence-electron chi connectivity index (χ2n) is 4.37. The summed E-state index contributed by atoms with van der Waals surface area (Å²) in [6, 6.07) is 5.82. The number of pyridine rings is 1. The third-order valence-corrected chi connectivity index (χ3v) is 3.13. The molecule has 3 aromatic rings. The molecule has 0 aliphatic rings. The number of halogens is 2. The Labute approximate surface area is 122 Å². The lowest BCUT2D eigenvalue weighted by Gasteiger charge is -2.08. The largest absolute Gasteiger partial charge is 0.396 e. The van der Waals surface area contributed by atoms with Crippen LogP contribution in [0.2, 0.25) is 0 Å². The number of aromatic nitrogens is 2. The van der Waals surface area contributed by atoms with E-state index in [9.17, 15) is 8.78 Å². The van der Waals surface area contributed by atoms with E-state index in [2.05, 4.69) is 4.98 Å². The standard InChI is InChI=1S/C14H11F2N3.C2H6/c1-8-12-5-2-9(6-19(12)7-18-8)13-10(15)3-4-11(17)14(13)16;1-2/h2-7H,17H2,1H3;1-2H3. The lowest BCUT2D eigenvalue weighted by atomic mass is 10.1. The minimum atomic E-state index is -0.740. The molecule has 1 aromatic carbocycles. The summed E-state index contributed by atoms with van der Waals surface area (Å²) >= 11 is 0. The minimum absolute atomic E-state index is 0.0710. The Hall–Kier alpha value is -2.43. The van der Waals surface area contributed by atoms with E-state index in [1.807, 2.05) is 20.8 Å². The van der Waals surface area contributed by atoms with E-state index in [1.54, 1.807) is 29.1 Å². The molecule has 2 N–H and O–H groups in total. The van der Waals surface area contributed by atoms with Crippen LogP contribution < -0.4 is 5.73 Å². The van der Waals surface area contributed by atoms with E-state index in [0.29, 0.717) is 5.56 Å². The first-order valence-corrected chi connectivity index (χ1v) is 6.75. The highest BCUT2D eigenvalue weighted by Crippen LogP contribution is 2.29. The Morgan fingerprint density at radius 3 is 2.52 bits per heavy atom. The molecule has 2 aromatic heterocycles. The van der Waals surface area contributed by atoms with Crippen molar-refractivity contribution in [1.82, 2.24) is 9.38 Å². The molecule has 0 unspecified atom stereocenters. The lowest BCUT2D eigenvalue weighted by molar-refractivity contribution is 0.592. The summed E-state index contributed by atoms with van der Waals surface area (Å²) in [6.45, 7) is 5.87. The number of imidazole rings is 1. The minimum Gasteiger partial charge on any atom is -0.396 e. The third kappa shape index (κ3) is 2.59. The molecule has 0 spiro atoms. The monoisotopic (exact) mass is 289 g/mol. The number of rotatable bonds is 1. The molecule has 3 nitrogen and oxygen atoms in total. The zero-order valence-corrected chi connectivity index (χ0v) is 12.2. The van der Waals surface area contributed by atoms with Crippen LogP contribution in [-0.4, -0.2) is 9.38 Å². The van der Waals surface area contributed by atoms with Gasteiger partial charge in [-0.2, -0.15) is 0 Å². The maximum absolute atomic E-state index is 14.0. The molecule has 0 radical (unpaired) electrons. The predicted molar refractivity (Wildman–Crippen MR) is 81.0 cm³/mol. The molecule has 0 amide bonds. The van der Waals surface area contributed by atoms with Crippen molar-refractivity contribution >= 4 is 11.2 Å². The van der Waals surface area contributed by atoms with Crippen LogP contribution in [0.4, 0.5) is 14.5 Å². The van der Waals surface area contributed by atoms with Gasteiger partial charge in [0.1, 0.15) is 5.82 Å². The van der Waals surface area contributed by atoms with Crippen molar-refractivity contribution in [3.05, 3.63) is 54.1 Å². The SMILES string of the molecule is CC.Cc1ncn2cc(-c3c(F)ccc(N)c3F)ccc12. The van der Waals surface area contributed by atoms with Crippen molar-refractivity contribution in [3.63, 3.8) is 0 Å². The Bertz CT molecular complexity index is 779. The van der Waals surface area contributed by atoms with E-state index >= 15 is 0 Å². The van der Waals surface area contributed by atoms with Crippen molar-refractivity contribution in [2.45, 2.75) is 20.8 Å². The fraction of sp³-hybridized carbons (Fsp3) is 0.188. The molecular weight excluding hydrogens is 272 g/mol. The normalized spacial score (nSPS) is 10.3. The average Bonchev–Trinajstić information content (AvgIpc) is 2.87. The highest BCUT2D eigenvalue weighted by molar-refractivity contribution is 5.70. The van der Waals surface area contributed by atoms with Gasteiger partial charge in [0.05, 0.1) is 28.8 Å². The molecule has 2 heterocycles. The molecule has 0 bridgehead atoms. The Kier molecular flexibility index (Phi) is 4.21. The van der Waals surface area contributed by atoms with Crippen LogP contribution in [0.15, 0.2) is 36.8 Å². The molecule has 0 saturated heterocycles. The molecule has 0 aliphatic carbocycles. The Morgan fingerprint density at radius 2 is 1.81 bits per heavy atom. The maximum atomic E-state index is 14.0. The summed E-state index contributed by atoms with van der Waals surface area (Å²) in [5.74, 6) is -1.38. The Morgan fingerprint density at radius 1 is 1.10 bits per heavy atom. The first-order chi connectivity index (χ1) is 10.1. The van der Waals surface area contributed by atoms with E-state index in [0.717, 1.165) is 17.3 Å². The van der Waals surface area contributed by atoms with Crippen LogP contribution in [0.3, 0.4) is 0 Å². The lowest BCUT2D eigenvalue weighted by Crippen LogP contribution is -1.97. The number of benzene rings is 1. The van der Waals surface area contributed by atoms with Gasteiger partial charge < -0.3 is 10.1 Å². The number of hydrogen-bond acceptors (Lipinski definition) is 2. The second-order valence-corrected chi connectivity index (χ2v) is 4.37. The van der Waals surface area contributed by atoms with Crippen molar-refractivity contribution in [2.75, 3.05) is 5.73 Å². The van der Waals surface area contributed by atoms with Crippen molar-refractivity contribution < 1.29 is 8.78 Å². The number of nitrogen functional groups attached to an aromatic ring is 1. The van der Waals surface area contributed by atoms with Crippen LogP contribution in [0.25, 0.3) is 16.6 Å². The third-order valence-electron chi connectivity index (χ3n) is 3.13. The quantitative estimate of drug-likeness (QED) is 0.682. The van der Waals surface area contributed by atoms with Gasteiger partial charge in [-0.25, -0.2) is 13.8 Å². The topological polar surface area (TPSA) is 43.3 Å². The summed E-state index contributed by atoms with van der Waals surface area (Å²) in [7, 11) is 0. The average molecular weight is 289 g/mol. The van der Waals surface area contributed by atoms with Crippen LogP contribution in [0.5, 0.6) is 0 Å². The Balaban J connectivity index is 0.000000774. The second kappa shape index (κ2) is 5.91. The molecule has 110 valence electrons. The van der Waals surface area contributed by atoms with E-state index < -0.39 is 11.6 Å². The summed E-state index contributed by atoms with van der Waals surface area (Å²) in [4.78, 5) is 4.14. The van der Waals surface area contributed by atoms with Gasteiger partial charge in [0, 0.05) is 11.8 Å². The molecule has 0 fully saturated rings. The van der Waals surface area contributed by atoms with Crippen molar-refractivity contribution in [3.8, 4) is 11.1 Å². The van der Waals surface area contributed by atoms with Crippen LogP contribution in [0, 0.1) is 18.6 Å². The zero-order valence-electron chi connectivity index (χ0n) is 12.2. The molecule has 0 saturated carbocycles. The van der Waals surface area contributed by atoms with E-state index in [1.165, 1.54) is 6.07 Å². The molecule has 0 atom stereocenters. The predicted octanol–water partition coefficient (Wildman–Crippen LogP) is 4.20. The summed E-state index contributed by atoms with van der Waals surface area (Å²) < 4.78 is 29.5. The summed E-state index contributed by atoms with van der Waals surface area (Å²) in [5.41, 5.74) is 7.48. The number of hydrogen-bond donors (Lipinski definition) is 1. The van der Waals surface area contributed by atoms with Crippen molar-refractivity contribution in [1.29, 1.82) is 0 Å². The van der Waals surface area contributed by atoms with Crippen LogP contribution in [-0.2, 0) is 0 Å². The van der Waals surface area contributed by atoms with Gasteiger partial charge in [-0.05, 0) is 25.1 Å². The fourth-order valence-electron chi connectivity index (χ4n) is 2.12. The number of aryl methyl sites for hydroxylation is 1. The van der Waals surface area contributed by atoms with Gasteiger partial charge in [-0.3, -0.25) is 0 Å². The fourth-order valence-corrected chi connectivity index (χ4v) is 2.12. The number of fused-ring (bicyclic) bond motifs is 1. The molecule has 5 heteroatoms. The van der Waals surface area contributed by atoms with Crippen molar-refractivity contribution in [2.24, 2.45) is 0 Å². The van der Waals surface area contributed by atoms with E-state index in [4.69, 9.17) is 5.73 Å². The number of nitrogens with two attached hydrogens (primary N) is 1.